The summed E-state index contributed by atoms with van der Waals surface area (Å²) in [6.07, 6.45) is -2.16. The van der Waals surface area contributed by atoms with E-state index in [4.69, 9.17) is 9.47 Å². The lowest BCUT2D eigenvalue weighted by atomic mass is 10.1. The van der Waals surface area contributed by atoms with Crippen molar-refractivity contribution < 1.29 is 41.8 Å². The van der Waals surface area contributed by atoms with Crippen LogP contribution in [0.1, 0.15) is 52.7 Å². The molecule has 41 heavy (non-hydrogen) atoms. The molecule has 0 saturated heterocycles. The Morgan fingerprint density at radius 3 is 1.98 bits per heavy atom. The number of hydrogen-bond donors (Lipinski definition) is 5. The van der Waals surface area contributed by atoms with Gasteiger partial charge >= 0.3 is 19.8 Å². The highest BCUT2D eigenvalue weighted by molar-refractivity contribution is 7.89. The van der Waals surface area contributed by atoms with Crippen molar-refractivity contribution in [2.75, 3.05) is 5.32 Å². The number of aliphatic imine (C=N–C) groups is 1. The van der Waals surface area contributed by atoms with Crippen LogP contribution in [0.2, 0.25) is 0 Å². The minimum atomic E-state index is -4.88. The Kier molecular flexibility index (Phi) is 11.2. The molecule has 0 aromatic heterocycles. The van der Waals surface area contributed by atoms with E-state index in [9.17, 15) is 32.4 Å². The second-order valence-corrected chi connectivity index (χ2v) is 14.6. The number of alkyl carbamates (subject to hydrolysis) is 1. The Balaban J connectivity index is 2.20. The summed E-state index contributed by atoms with van der Waals surface area (Å²) in [6, 6.07) is 14.2. The number of carbonyl (C=O) groups excluding carboxylic acids is 2. The van der Waals surface area contributed by atoms with Crippen LogP contribution in [0.25, 0.3) is 0 Å². The second kappa shape index (κ2) is 13.6. The van der Waals surface area contributed by atoms with Crippen LogP contribution in [0.3, 0.4) is 0 Å². The SMILES string of the molecule is CC(C)(C)OC(=O)N=C(NC(=O)OC(C)(C)C)Nc1ccc(CC(NS(=O)(=O)Cc2ccccc2)P(=O)(O)O)cc1. The summed E-state index contributed by atoms with van der Waals surface area (Å²) in [5.41, 5.74) is -0.455. The third-order valence-corrected chi connectivity index (χ3v) is 7.44. The number of nitrogens with one attached hydrogen (secondary N) is 3. The van der Waals surface area contributed by atoms with Crippen molar-refractivity contribution in [3.8, 4) is 0 Å². The maximum absolute atomic E-state index is 12.6. The highest BCUT2D eigenvalue weighted by Crippen LogP contribution is 2.41. The predicted molar refractivity (Wildman–Crippen MR) is 155 cm³/mol. The number of guanidine groups is 1. The summed E-state index contributed by atoms with van der Waals surface area (Å²) < 4.78 is 49.8. The van der Waals surface area contributed by atoms with Crippen molar-refractivity contribution >= 4 is 41.5 Å². The summed E-state index contributed by atoms with van der Waals surface area (Å²) in [6.45, 7) is 9.95. The van der Waals surface area contributed by atoms with Gasteiger partial charge in [-0.05, 0) is 64.8 Å². The summed E-state index contributed by atoms with van der Waals surface area (Å²) in [4.78, 5) is 48.0. The molecule has 0 fully saturated rings. The fourth-order valence-electron chi connectivity index (χ4n) is 3.22. The molecule has 0 aliphatic rings. The smallest absolute Gasteiger partial charge is 0.437 e. The lowest BCUT2D eigenvalue weighted by Crippen LogP contribution is -2.40. The Bertz CT molecular complexity index is 1380. The molecule has 13 nitrogen and oxygen atoms in total. The van der Waals surface area contributed by atoms with E-state index in [1.807, 2.05) is 0 Å². The van der Waals surface area contributed by atoms with Crippen molar-refractivity contribution in [1.82, 2.24) is 10.0 Å². The normalized spacial score (nSPS) is 13.7. The summed E-state index contributed by atoms with van der Waals surface area (Å²) in [7, 11) is -8.96. The third-order valence-electron chi connectivity index (χ3n) is 4.78. The van der Waals surface area contributed by atoms with Gasteiger partial charge in [0.05, 0.1) is 5.75 Å². The Labute approximate surface area is 240 Å². The van der Waals surface area contributed by atoms with Gasteiger partial charge in [-0.15, -0.1) is 4.99 Å². The van der Waals surface area contributed by atoms with Crippen molar-refractivity contribution in [2.24, 2.45) is 4.99 Å². The first-order valence-electron chi connectivity index (χ1n) is 12.5. The maximum Gasteiger partial charge on any atom is 0.437 e. The Morgan fingerprint density at radius 1 is 0.902 bits per heavy atom. The average molecular weight is 613 g/mol. The Hall–Kier alpha value is -3.29. The van der Waals surface area contributed by atoms with Crippen LogP contribution in [-0.4, -0.2) is 53.3 Å². The van der Waals surface area contributed by atoms with Crippen LogP contribution in [0.15, 0.2) is 59.6 Å². The Morgan fingerprint density at radius 2 is 1.46 bits per heavy atom. The number of anilines is 1. The first kappa shape index (κ1) is 33.9. The van der Waals surface area contributed by atoms with Gasteiger partial charge in [0.25, 0.3) is 0 Å². The molecule has 2 aromatic rings. The van der Waals surface area contributed by atoms with E-state index in [0.29, 0.717) is 16.8 Å². The molecule has 1 atom stereocenters. The lowest BCUT2D eigenvalue weighted by Gasteiger charge is -2.21. The van der Waals surface area contributed by atoms with Gasteiger partial charge < -0.3 is 24.6 Å². The molecule has 0 saturated carbocycles. The van der Waals surface area contributed by atoms with Crippen molar-refractivity contribution in [3.05, 3.63) is 65.7 Å². The monoisotopic (exact) mass is 612 g/mol. The molecule has 0 radical (unpaired) electrons. The minimum absolute atomic E-state index is 0.289. The number of amides is 2. The first-order valence-corrected chi connectivity index (χ1v) is 15.8. The molecular weight excluding hydrogens is 575 g/mol. The van der Waals surface area contributed by atoms with E-state index < -0.39 is 52.5 Å². The topological polar surface area (TPSA) is 193 Å². The van der Waals surface area contributed by atoms with Gasteiger partial charge in [-0.2, -0.15) is 4.72 Å². The van der Waals surface area contributed by atoms with Crippen LogP contribution in [0.4, 0.5) is 15.3 Å². The highest BCUT2D eigenvalue weighted by Gasteiger charge is 2.33. The van der Waals surface area contributed by atoms with Gasteiger partial charge in [0.1, 0.15) is 17.0 Å². The predicted octanol–water partition coefficient (Wildman–Crippen LogP) is 4.08. The molecule has 2 aromatic carbocycles. The number of nitrogens with zero attached hydrogens (tertiary/aromatic N) is 1. The quantitative estimate of drug-likeness (QED) is 0.165. The van der Waals surface area contributed by atoms with E-state index in [-0.39, 0.29) is 12.4 Å². The lowest BCUT2D eigenvalue weighted by molar-refractivity contribution is 0.0562. The molecule has 0 aliphatic heterocycles. The van der Waals surface area contributed by atoms with Gasteiger partial charge in [-0.3, -0.25) is 9.88 Å². The molecule has 2 rings (SSSR count). The standard InChI is InChI=1S/C26H37N4O9PS/c1-25(2,3)38-23(31)28-22(29-24(32)39-26(4,5)6)27-20-14-12-18(13-15-20)16-21(40(33,34)35)30-41(36,37)17-19-10-8-7-9-11-19/h7-15,21,30H,16-17H2,1-6H3,(H2,33,34,35)(H2,27,28,29,31,32). The van der Waals surface area contributed by atoms with Gasteiger partial charge in [0.15, 0.2) is 0 Å². The van der Waals surface area contributed by atoms with Crippen molar-refractivity contribution in [1.29, 1.82) is 0 Å². The zero-order valence-electron chi connectivity index (χ0n) is 23.7. The number of sulfonamides is 1. The largest absolute Gasteiger partial charge is 0.444 e. The maximum atomic E-state index is 12.6. The molecule has 0 heterocycles. The summed E-state index contributed by atoms with van der Waals surface area (Å²) in [5, 5.41) is 5.11. The van der Waals surface area contributed by atoms with Gasteiger partial charge in [0, 0.05) is 12.1 Å². The molecular formula is C26H37N4O9PS. The zero-order chi connectivity index (χ0) is 31.1. The van der Waals surface area contributed by atoms with E-state index in [2.05, 4.69) is 20.3 Å². The number of rotatable bonds is 8. The molecule has 0 spiro atoms. The van der Waals surface area contributed by atoms with Crippen molar-refractivity contribution in [3.63, 3.8) is 0 Å². The summed E-state index contributed by atoms with van der Waals surface area (Å²) >= 11 is 0. The first-order chi connectivity index (χ1) is 18.7. The second-order valence-electron chi connectivity index (χ2n) is 11.1. The van der Waals surface area contributed by atoms with Crippen LogP contribution >= 0.6 is 7.60 Å². The number of benzene rings is 2. The van der Waals surface area contributed by atoms with E-state index in [0.717, 1.165) is 0 Å². The van der Waals surface area contributed by atoms with E-state index in [1.165, 1.54) is 24.3 Å². The molecule has 15 heteroatoms. The van der Waals surface area contributed by atoms with Crippen LogP contribution < -0.4 is 15.4 Å². The molecule has 2 amide bonds. The molecule has 226 valence electrons. The highest BCUT2D eigenvalue weighted by atomic mass is 32.2. The van der Waals surface area contributed by atoms with E-state index >= 15 is 0 Å². The molecule has 1 unspecified atom stereocenters. The van der Waals surface area contributed by atoms with Crippen LogP contribution in [0, 0.1) is 0 Å². The van der Waals surface area contributed by atoms with Gasteiger partial charge in [0.2, 0.25) is 16.0 Å². The fraction of sp³-hybridized carbons (Fsp3) is 0.423. The minimum Gasteiger partial charge on any atom is -0.444 e. The van der Waals surface area contributed by atoms with E-state index in [1.54, 1.807) is 71.9 Å². The molecule has 0 bridgehead atoms. The number of hydrogen-bond acceptors (Lipinski definition) is 7. The third kappa shape index (κ3) is 13.8. The average Bonchev–Trinajstić information content (AvgIpc) is 2.76. The van der Waals surface area contributed by atoms with Crippen molar-refractivity contribution in [2.45, 2.75) is 70.7 Å². The molecule has 5 N–H and O–H groups in total. The van der Waals surface area contributed by atoms with Crippen LogP contribution in [0.5, 0.6) is 0 Å². The fourth-order valence-corrected chi connectivity index (χ4v) is 5.91. The van der Waals surface area contributed by atoms with Crippen LogP contribution in [-0.2, 0) is 36.2 Å². The molecule has 0 aliphatic carbocycles. The summed E-state index contributed by atoms with van der Waals surface area (Å²) in [5.74, 6) is -2.44. The number of carbonyl (C=O) groups is 2. The van der Waals surface area contributed by atoms with Gasteiger partial charge in [-0.25, -0.2) is 18.0 Å². The number of ether oxygens (including phenoxy) is 2. The zero-order valence-corrected chi connectivity index (χ0v) is 25.5. The van der Waals surface area contributed by atoms with Gasteiger partial charge in [-0.1, -0.05) is 42.5 Å².